The Morgan fingerprint density at radius 3 is 2.84 bits per heavy atom. The second-order valence-corrected chi connectivity index (χ2v) is 5.51. The fourth-order valence-electron chi connectivity index (χ4n) is 2.04. The summed E-state index contributed by atoms with van der Waals surface area (Å²) in [6.45, 7) is 0.456. The molecule has 1 saturated heterocycles. The van der Waals surface area contributed by atoms with Crippen molar-refractivity contribution >= 4 is 45.2 Å². The van der Waals surface area contributed by atoms with E-state index in [9.17, 15) is 9.59 Å². The molecule has 2 rings (SSSR count). The minimum atomic E-state index is -0.968. The van der Waals surface area contributed by atoms with Crippen molar-refractivity contribution in [3.63, 3.8) is 0 Å². The number of benzene rings is 1. The number of carboxylic acids is 1. The van der Waals surface area contributed by atoms with Gasteiger partial charge >= 0.3 is 12.0 Å². The highest BCUT2D eigenvalue weighted by molar-refractivity contribution is 9.10. The van der Waals surface area contributed by atoms with Gasteiger partial charge in [-0.2, -0.15) is 0 Å². The lowest BCUT2D eigenvalue weighted by molar-refractivity contribution is -0.141. The first-order chi connectivity index (χ1) is 8.99. The Bertz CT molecular complexity index is 524. The molecule has 7 heteroatoms. The number of aliphatic carboxylic acids is 1. The van der Waals surface area contributed by atoms with Crippen molar-refractivity contribution in [1.29, 1.82) is 0 Å². The number of nitrogens with zero attached hydrogens (tertiary/aromatic N) is 1. The standard InChI is InChI=1S/C12H12BrClN2O3/c13-8-6-7(3-4-9(8)14)15-12(19)16-5-1-2-10(16)11(17)18/h3-4,6,10H,1-2,5H2,(H,15,19)(H,17,18)/t10-/m1/s1. The largest absolute Gasteiger partial charge is 0.480 e. The average molecular weight is 348 g/mol. The Kier molecular flexibility index (Phi) is 4.31. The highest BCUT2D eigenvalue weighted by atomic mass is 79.9. The summed E-state index contributed by atoms with van der Waals surface area (Å²) in [5.41, 5.74) is 0.567. The van der Waals surface area contributed by atoms with E-state index < -0.39 is 18.0 Å². The summed E-state index contributed by atoms with van der Waals surface area (Å²) in [6, 6.07) is 3.85. The molecule has 0 aromatic heterocycles. The van der Waals surface area contributed by atoms with Gasteiger partial charge in [-0.15, -0.1) is 0 Å². The Morgan fingerprint density at radius 2 is 2.21 bits per heavy atom. The van der Waals surface area contributed by atoms with Crippen molar-refractivity contribution in [2.75, 3.05) is 11.9 Å². The molecule has 19 heavy (non-hydrogen) atoms. The highest BCUT2D eigenvalue weighted by Gasteiger charge is 2.33. The van der Waals surface area contributed by atoms with Crippen LogP contribution in [-0.4, -0.2) is 34.6 Å². The van der Waals surface area contributed by atoms with Crippen LogP contribution in [0.2, 0.25) is 5.02 Å². The van der Waals surface area contributed by atoms with E-state index in [4.69, 9.17) is 16.7 Å². The number of nitrogens with one attached hydrogen (secondary N) is 1. The zero-order valence-corrected chi connectivity index (χ0v) is 12.2. The van der Waals surface area contributed by atoms with Gasteiger partial charge in [0, 0.05) is 16.7 Å². The second-order valence-electron chi connectivity index (χ2n) is 4.25. The lowest BCUT2D eigenvalue weighted by Gasteiger charge is -2.21. The average Bonchev–Trinajstić information content (AvgIpc) is 2.83. The van der Waals surface area contributed by atoms with Gasteiger partial charge in [0.2, 0.25) is 0 Å². The number of carboxylic acid groups (broad SMARTS) is 1. The molecule has 0 radical (unpaired) electrons. The summed E-state index contributed by atoms with van der Waals surface area (Å²) in [7, 11) is 0. The van der Waals surface area contributed by atoms with Gasteiger partial charge < -0.3 is 15.3 Å². The predicted octanol–water partition coefficient (Wildman–Crippen LogP) is 3.18. The summed E-state index contributed by atoms with van der Waals surface area (Å²) in [5, 5.41) is 12.2. The molecule has 0 aliphatic carbocycles. The van der Waals surface area contributed by atoms with Crippen LogP contribution in [-0.2, 0) is 4.79 Å². The predicted molar refractivity (Wildman–Crippen MR) is 75.5 cm³/mol. The number of rotatable bonds is 2. The Labute approximate surface area is 123 Å². The monoisotopic (exact) mass is 346 g/mol. The van der Waals surface area contributed by atoms with E-state index in [1.54, 1.807) is 18.2 Å². The number of anilines is 1. The molecular weight excluding hydrogens is 336 g/mol. The van der Waals surface area contributed by atoms with Gasteiger partial charge in [-0.25, -0.2) is 9.59 Å². The maximum atomic E-state index is 12.0. The number of halogens is 2. The number of hydrogen-bond acceptors (Lipinski definition) is 2. The van der Waals surface area contributed by atoms with Crippen molar-refractivity contribution < 1.29 is 14.7 Å². The number of likely N-dealkylation sites (tertiary alicyclic amines) is 1. The van der Waals surface area contributed by atoms with Crippen molar-refractivity contribution in [3.8, 4) is 0 Å². The molecule has 0 saturated carbocycles. The topological polar surface area (TPSA) is 69.6 Å². The van der Waals surface area contributed by atoms with Crippen LogP contribution in [0.4, 0.5) is 10.5 Å². The second kappa shape index (κ2) is 5.79. The SMILES string of the molecule is O=C(O)[C@H]1CCCN1C(=O)Nc1ccc(Cl)c(Br)c1. The van der Waals surface area contributed by atoms with Gasteiger partial charge in [-0.05, 0) is 47.0 Å². The maximum Gasteiger partial charge on any atom is 0.326 e. The fourth-order valence-corrected chi connectivity index (χ4v) is 2.53. The summed E-state index contributed by atoms with van der Waals surface area (Å²) in [6.07, 6.45) is 1.20. The van der Waals surface area contributed by atoms with E-state index in [1.165, 1.54) is 4.90 Å². The molecule has 2 N–H and O–H groups in total. The Hall–Kier alpha value is -1.27. The van der Waals surface area contributed by atoms with Gasteiger partial charge in [0.15, 0.2) is 0 Å². The molecule has 0 bridgehead atoms. The zero-order valence-electron chi connectivity index (χ0n) is 9.90. The van der Waals surface area contributed by atoms with Gasteiger partial charge in [-0.3, -0.25) is 0 Å². The van der Waals surface area contributed by atoms with Crippen LogP contribution in [0.15, 0.2) is 22.7 Å². The summed E-state index contributed by atoms with van der Waals surface area (Å²) in [5.74, 6) is -0.968. The number of hydrogen-bond donors (Lipinski definition) is 2. The van der Waals surface area contributed by atoms with Crippen molar-refractivity contribution in [2.24, 2.45) is 0 Å². The molecule has 0 spiro atoms. The summed E-state index contributed by atoms with van der Waals surface area (Å²) < 4.78 is 0.670. The zero-order chi connectivity index (χ0) is 14.0. The minimum Gasteiger partial charge on any atom is -0.480 e. The van der Waals surface area contributed by atoms with Crippen LogP contribution in [0.1, 0.15) is 12.8 Å². The lowest BCUT2D eigenvalue weighted by Crippen LogP contribution is -2.42. The first-order valence-corrected chi connectivity index (χ1v) is 6.91. The summed E-state index contributed by atoms with van der Waals surface area (Å²) in [4.78, 5) is 24.4. The molecule has 1 aromatic rings. The van der Waals surface area contributed by atoms with Gasteiger partial charge in [-0.1, -0.05) is 11.6 Å². The van der Waals surface area contributed by atoms with Crippen molar-refractivity contribution in [1.82, 2.24) is 4.90 Å². The molecule has 1 aromatic carbocycles. The van der Waals surface area contributed by atoms with Crippen LogP contribution >= 0.6 is 27.5 Å². The fraction of sp³-hybridized carbons (Fsp3) is 0.333. The smallest absolute Gasteiger partial charge is 0.326 e. The maximum absolute atomic E-state index is 12.0. The van der Waals surface area contributed by atoms with Gasteiger partial charge in [0.05, 0.1) is 5.02 Å². The quantitative estimate of drug-likeness (QED) is 0.863. The van der Waals surface area contributed by atoms with Gasteiger partial charge in [0.1, 0.15) is 6.04 Å². The molecule has 1 heterocycles. The van der Waals surface area contributed by atoms with Crippen molar-refractivity contribution in [2.45, 2.75) is 18.9 Å². The number of carbonyl (C=O) groups excluding carboxylic acids is 1. The molecule has 1 atom stereocenters. The van der Waals surface area contributed by atoms with E-state index in [0.717, 1.165) is 0 Å². The number of carbonyl (C=O) groups is 2. The molecular formula is C12H12BrClN2O3. The Balaban J connectivity index is 2.08. The number of urea groups is 1. The van der Waals surface area contributed by atoms with Crippen LogP contribution in [0.5, 0.6) is 0 Å². The third-order valence-corrected chi connectivity index (χ3v) is 4.18. The summed E-state index contributed by atoms with van der Waals surface area (Å²) >= 11 is 9.12. The molecule has 1 aliphatic heterocycles. The molecule has 1 aliphatic rings. The molecule has 5 nitrogen and oxygen atoms in total. The van der Waals surface area contributed by atoms with Crippen LogP contribution in [0.25, 0.3) is 0 Å². The van der Waals surface area contributed by atoms with Crippen LogP contribution in [0, 0.1) is 0 Å². The van der Waals surface area contributed by atoms with Crippen LogP contribution in [0.3, 0.4) is 0 Å². The van der Waals surface area contributed by atoms with Crippen LogP contribution < -0.4 is 5.32 Å². The van der Waals surface area contributed by atoms with E-state index in [0.29, 0.717) is 34.6 Å². The molecule has 0 unspecified atom stereocenters. The highest BCUT2D eigenvalue weighted by Crippen LogP contribution is 2.26. The normalized spacial score (nSPS) is 18.4. The minimum absolute atomic E-state index is 0.404. The number of amides is 2. The molecule has 102 valence electrons. The third-order valence-electron chi connectivity index (χ3n) is 2.97. The first kappa shape index (κ1) is 14.1. The third kappa shape index (κ3) is 3.19. The van der Waals surface area contributed by atoms with E-state index >= 15 is 0 Å². The first-order valence-electron chi connectivity index (χ1n) is 5.74. The van der Waals surface area contributed by atoms with Gasteiger partial charge in [0.25, 0.3) is 0 Å². The van der Waals surface area contributed by atoms with Crippen molar-refractivity contribution in [3.05, 3.63) is 27.7 Å². The van der Waals surface area contributed by atoms with E-state index in [1.807, 2.05) is 0 Å². The van der Waals surface area contributed by atoms with E-state index in [2.05, 4.69) is 21.2 Å². The Morgan fingerprint density at radius 1 is 1.47 bits per heavy atom. The van der Waals surface area contributed by atoms with E-state index in [-0.39, 0.29) is 0 Å². The molecule has 2 amide bonds. The lowest BCUT2D eigenvalue weighted by atomic mass is 10.2. The molecule has 1 fully saturated rings.